The van der Waals surface area contributed by atoms with Gasteiger partial charge in [0.2, 0.25) is 0 Å². The molecule has 0 radical (unpaired) electrons. The van der Waals surface area contributed by atoms with Gasteiger partial charge in [-0.25, -0.2) is 9.67 Å². The van der Waals surface area contributed by atoms with Gasteiger partial charge in [0.1, 0.15) is 5.69 Å². The molecule has 7 heteroatoms. The van der Waals surface area contributed by atoms with Gasteiger partial charge in [-0.1, -0.05) is 35.9 Å². The van der Waals surface area contributed by atoms with E-state index in [1.165, 1.54) is 11.1 Å². The van der Waals surface area contributed by atoms with Crippen molar-refractivity contribution in [1.82, 2.24) is 25.0 Å². The van der Waals surface area contributed by atoms with Crippen molar-refractivity contribution in [1.29, 1.82) is 0 Å². The number of fused-ring (bicyclic) bond motifs is 1. The van der Waals surface area contributed by atoms with E-state index in [0.717, 1.165) is 30.9 Å². The van der Waals surface area contributed by atoms with Gasteiger partial charge in [0.25, 0.3) is 5.91 Å². The van der Waals surface area contributed by atoms with Crippen molar-refractivity contribution in [2.24, 2.45) is 0 Å². The summed E-state index contributed by atoms with van der Waals surface area (Å²) in [5.41, 5.74) is 4.62. The van der Waals surface area contributed by atoms with Crippen LogP contribution in [-0.4, -0.2) is 44.2 Å². The monoisotopic (exact) mass is 437 g/mol. The van der Waals surface area contributed by atoms with Crippen molar-refractivity contribution < 1.29 is 4.79 Å². The molecule has 0 spiro atoms. The molecule has 1 N–H and O–H groups in total. The standard InChI is InChI=1S/C24H28ClN5O/c1-16-13-17(2)30(28-16)21-10-9-20(25)22(27-21)23(31)26-15-24(3,4)29-12-11-18-7-5-6-8-19(18)14-29/h5-10,13H,11-12,14-15H2,1-4H3,(H,26,31). The van der Waals surface area contributed by atoms with Gasteiger partial charge in [-0.2, -0.15) is 5.10 Å². The van der Waals surface area contributed by atoms with E-state index in [4.69, 9.17) is 11.6 Å². The van der Waals surface area contributed by atoms with Gasteiger partial charge in [-0.15, -0.1) is 0 Å². The van der Waals surface area contributed by atoms with Crippen LogP contribution in [0.25, 0.3) is 5.82 Å². The van der Waals surface area contributed by atoms with E-state index >= 15 is 0 Å². The van der Waals surface area contributed by atoms with E-state index in [9.17, 15) is 4.79 Å². The van der Waals surface area contributed by atoms with Crippen LogP contribution in [0.1, 0.15) is 46.9 Å². The quantitative estimate of drug-likeness (QED) is 0.652. The predicted molar refractivity (Wildman–Crippen MR) is 123 cm³/mol. The number of aromatic nitrogens is 3. The first-order valence-corrected chi connectivity index (χ1v) is 10.9. The Kier molecular flexibility index (Phi) is 5.86. The number of carbonyl (C=O) groups excluding carboxylic acids is 1. The largest absolute Gasteiger partial charge is 0.349 e. The normalized spacial score (nSPS) is 14.4. The zero-order chi connectivity index (χ0) is 22.2. The van der Waals surface area contributed by atoms with Crippen molar-refractivity contribution in [2.45, 2.75) is 46.2 Å². The molecule has 0 fully saturated rings. The molecule has 0 unspecified atom stereocenters. The van der Waals surface area contributed by atoms with Gasteiger partial charge in [0.15, 0.2) is 5.82 Å². The minimum Gasteiger partial charge on any atom is -0.349 e. The van der Waals surface area contributed by atoms with E-state index in [1.807, 2.05) is 19.9 Å². The minimum absolute atomic E-state index is 0.205. The number of amides is 1. The number of pyridine rings is 1. The Bertz CT molecular complexity index is 1120. The van der Waals surface area contributed by atoms with Crippen LogP contribution < -0.4 is 5.32 Å². The summed E-state index contributed by atoms with van der Waals surface area (Å²) in [5, 5.41) is 7.82. The Balaban J connectivity index is 1.47. The molecular formula is C24H28ClN5O. The lowest BCUT2D eigenvalue weighted by Crippen LogP contribution is -2.53. The topological polar surface area (TPSA) is 63.1 Å². The summed E-state index contributed by atoms with van der Waals surface area (Å²) < 4.78 is 1.72. The fourth-order valence-corrected chi connectivity index (χ4v) is 4.27. The number of halogens is 1. The zero-order valence-corrected chi connectivity index (χ0v) is 19.2. The van der Waals surface area contributed by atoms with Crippen LogP contribution >= 0.6 is 11.6 Å². The van der Waals surface area contributed by atoms with Crippen LogP contribution in [0.2, 0.25) is 5.02 Å². The lowest BCUT2D eigenvalue weighted by atomic mass is 9.94. The van der Waals surface area contributed by atoms with Crippen LogP contribution in [0.5, 0.6) is 0 Å². The second kappa shape index (κ2) is 8.44. The summed E-state index contributed by atoms with van der Waals surface area (Å²) in [5.74, 6) is 0.297. The highest BCUT2D eigenvalue weighted by Crippen LogP contribution is 2.25. The molecule has 0 aliphatic carbocycles. The zero-order valence-electron chi connectivity index (χ0n) is 18.4. The molecule has 0 saturated heterocycles. The van der Waals surface area contributed by atoms with Crippen LogP contribution in [0.4, 0.5) is 0 Å². The van der Waals surface area contributed by atoms with Crippen LogP contribution in [0, 0.1) is 13.8 Å². The molecule has 3 heterocycles. The maximum absolute atomic E-state index is 13.0. The fourth-order valence-electron chi connectivity index (χ4n) is 4.07. The molecule has 4 rings (SSSR count). The van der Waals surface area contributed by atoms with Crippen molar-refractivity contribution in [3.63, 3.8) is 0 Å². The summed E-state index contributed by atoms with van der Waals surface area (Å²) in [6.45, 7) is 10.5. The van der Waals surface area contributed by atoms with Crippen LogP contribution in [0.3, 0.4) is 0 Å². The lowest BCUT2D eigenvalue weighted by Gasteiger charge is -2.41. The van der Waals surface area contributed by atoms with E-state index in [1.54, 1.807) is 16.8 Å². The Labute approximate surface area is 188 Å². The third kappa shape index (κ3) is 4.50. The molecule has 3 aromatic rings. The molecule has 162 valence electrons. The Morgan fingerprint density at radius 2 is 1.90 bits per heavy atom. The Morgan fingerprint density at radius 3 is 2.61 bits per heavy atom. The van der Waals surface area contributed by atoms with Crippen molar-refractivity contribution in [3.05, 3.63) is 75.7 Å². The highest BCUT2D eigenvalue weighted by molar-refractivity contribution is 6.33. The number of hydrogen-bond donors (Lipinski definition) is 1. The number of rotatable bonds is 5. The predicted octanol–water partition coefficient (Wildman–Crippen LogP) is 4.10. The number of aryl methyl sites for hydroxylation is 2. The van der Waals surface area contributed by atoms with Gasteiger partial charge in [-0.05, 0) is 63.4 Å². The Morgan fingerprint density at radius 1 is 1.16 bits per heavy atom. The van der Waals surface area contributed by atoms with E-state index in [2.05, 4.69) is 58.4 Å². The number of hydrogen-bond acceptors (Lipinski definition) is 4. The van der Waals surface area contributed by atoms with Gasteiger partial charge in [-0.3, -0.25) is 9.69 Å². The summed E-state index contributed by atoms with van der Waals surface area (Å²) in [6.07, 6.45) is 1.02. The van der Waals surface area contributed by atoms with Crippen LogP contribution in [-0.2, 0) is 13.0 Å². The molecule has 6 nitrogen and oxygen atoms in total. The van der Waals surface area contributed by atoms with Crippen molar-refractivity contribution >= 4 is 17.5 Å². The maximum Gasteiger partial charge on any atom is 0.271 e. The minimum atomic E-state index is -0.279. The summed E-state index contributed by atoms with van der Waals surface area (Å²) in [6, 6.07) is 14.0. The first kappa shape index (κ1) is 21.5. The SMILES string of the molecule is Cc1cc(C)n(-c2ccc(Cl)c(C(=O)NCC(C)(C)N3CCc4ccccc4C3)n2)n1. The molecule has 1 aliphatic heterocycles. The highest BCUT2D eigenvalue weighted by atomic mass is 35.5. The number of nitrogens with zero attached hydrogens (tertiary/aromatic N) is 4. The third-order valence-corrected chi connectivity index (χ3v) is 6.25. The van der Waals surface area contributed by atoms with Gasteiger partial charge in [0, 0.05) is 30.9 Å². The molecule has 0 atom stereocenters. The molecule has 0 bridgehead atoms. The molecular weight excluding hydrogens is 410 g/mol. The summed E-state index contributed by atoms with van der Waals surface area (Å²) in [7, 11) is 0. The fraction of sp³-hybridized carbons (Fsp3) is 0.375. The molecule has 1 amide bonds. The first-order chi connectivity index (χ1) is 14.7. The smallest absolute Gasteiger partial charge is 0.271 e. The van der Waals surface area contributed by atoms with Crippen LogP contribution in [0.15, 0.2) is 42.5 Å². The first-order valence-electron chi connectivity index (χ1n) is 10.5. The molecule has 1 aromatic carbocycles. The average Bonchev–Trinajstić information content (AvgIpc) is 3.10. The highest BCUT2D eigenvalue weighted by Gasteiger charge is 2.30. The molecule has 0 saturated carbocycles. The van der Waals surface area contributed by atoms with E-state index in [0.29, 0.717) is 17.4 Å². The van der Waals surface area contributed by atoms with Gasteiger partial charge < -0.3 is 5.32 Å². The maximum atomic E-state index is 13.0. The number of benzene rings is 1. The number of nitrogens with one attached hydrogen (secondary N) is 1. The third-order valence-electron chi connectivity index (χ3n) is 5.94. The van der Waals surface area contributed by atoms with Gasteiger partial charge in [0.05, 0.1) is 10.7 Å². The molecule has 31 heavy (non-hydrogen) atoms. The number of carbonyl (C=O) groups is 1. The summed E-state index contributed by atoms with van der Waals surface area (Å²) in [4.78, 5) is 19.9. The lowest BCUT2D eigenvalue weighted by molar-refractivity contribution is 0.0822. The van der Waals surface area contributed by atoms with E-state index in [-0.39, 0.29) is 17.1 Å². The molecule has 2 aromatic heterocycles. The summed E-state index contributed by atoms with van der Waals surface area (Å²) >= 11 is 6.32. The Hall–Kier alpha value is -2.70. The second-order valence-corrected chi connectivity index (χ2v) is 9.18. The molecule has 1 aliphatic rings. The second-order valence-electron chi connectivity index (χ2n) is 8.77. The van der Waals surface area contributed by atoms with Crippen molar-refractivity contribution in [3.8, 4) is 5.82 Å². The van der Waals surface area contributed by atoms with E-state index < -0.39 is 0 Å². The van der Waals surface area contributed by atoms with Crippen molar-refractivity contribution in [2.75, 3.05) is 13.1 Å². The average molecular weight is 438 g/mol. The van der Waals surface area contributed by atoms with Gasteiger partial charge >= 0.3 is 0 Å².